The lowest BCUT2D eigenvalue weighted by molar-refractivity contribution is -0.126. The number of anilines is 1. The highest BCUT2D eigenvalue weighted by Crippen LogP contribution is 2.30. The van der Waals surface area contributed by atoms with E-state index in [1.54, 1.807) is 12.1 Å². The number of phenolic OH excluding ortho intramolecular Hbond substituents is 1. The van der Waals surface area contributed by atoms with Gasteiger partial charge in [-0.3, -0.25) is 14.4 Å². The molecule has 0 fully saturated rings. The van der Waals surface area contributed by atoms with Gasteiger partial charge in [0.25, 0.3) is 11.8 Å². The first-order valence-corrected chi connectivity index (χ1v) is 12.0. The Morgan fingerprint density at radius 1 is 1.19 bits per heavy atom. The molecule has 1 heterocycles. The lowest BCUT2D eigenvalue weighted by Crippen LogP contribution is -2.45. The van der Waals surface area contributed by atoms with Gasteiger partial charge in [0.1, 0.15) is 16.7 Å². The molecule has 0 aliphatic carbocycles. The van der Waals surface area contributed by atoms with Crippen molar-refractivity contribution in [2.24, 2.45) is 5.73 Å². The fraction of sp³-hybridized carbons (Fsp3) is 0.280. The Labute approximate surface area is 213 Å². The molecule has 1 atom stereocenters. The average Bonchev–Trinajstić information content (AvgIpc) is 3.24. The standard InChI is InChI=1S/C25H29N5O5S/c1-15-4-3-5-16(14-15)10-12-30(25(34)22-19(26)20(23(27)32)29-36-22)21(24(33)28-11-13-35-2)17-6-8-18(31)9-7-17/h3-9,14,21,31H,10-13,26H2,1-2H3,(H2,27,32)(H,28,33). The molecule has 1 aromatic heterocycles. The Hall–Kier alpha value is -3.96. The van der Waals surface area contributed by atoms with E-state index in [9.17, 15) is 19.5 Å². The van der Waals surface area contributed by atoms with Crippen molar-refractivity contribution in [3.8, 4) is 5.75 Å². The van der Waals surface area contributed by atoms with E-state index in [4.69, 9.17) is 16.2 Å². The number of hydrogen-bond donors (Lipinski definition) is 4. The molecular weight excluding hydrogens is 482 g/mol. The van der Waals surface area contributed by atoms with E-state index in [0.717, 1.165) is 22.7 Å². The van der Waals surface area contributed by atoms with Crippen molar-refractivity contribution in [2.75, 3.05) is 32.5 Å². The van der Waals surface area contributed by atoms with Gasteiger partial charge < -0.3 is 31.5 Å². The summed E-state index contributed by atoms with van der Waals surface area (Å²) in [7, 11) is 1.52. The molecule has 0 bridgehead atoms. The van der Waals surface area contributed by atoms with Crippen LogP contribution in [0, 0.1) is 6.92 Å². The predicted molar refractivity (Wildman–Crippen MR) is 137 cm³/mol. The van der Waals surface area contributed by atoms with Gasteiger partial charge >= 0.3 is 0 Å². The third-order valence-electron chi connectivity index (χ3n) is 5.51. The number of nitrogens with zero attached hydrogens (tertiary/aromatic N) is 2. The van der Waals surface area contributed by atoms with E-state index in [2.05, 4.69) is 9.69 Å². The number of aromatic nitrogens is 1. The minimum atomic E-state index is -1.06. The van der Waals surface area contributed by atoms with Gasteiger partial charge in [-0.25, -0.2) is 0 Å². The zero-order chi connectivity index (χ0) is 26.2. The third-order valence-corrected chi connectivity index (χ3v) is 6.37. The number of hydrogen-bond acceptors (Lipinski definition) is 8. The van der Waals surface area contributed by atoms with Crippen LogP contribution in [0.15, 0.2) is 48.5 Å². The first-order valence-electron chi connectivity index (χ1n) is 11.2. The number of phenols is 1. The molecule has 2 aromatic carbocycles. The lowest BCUT2D eigenvalue weighted by atomic mass is 10.0. The van der Waals surface area contributed by atoms with E-state index in [-0.39, 0.29) is 41.7 Å². The molecule has 10 nitrogen and oxygen atoms in total. The molecule has 1 unspecified atom stereocenters. The maximum Gasteiger partial charge on any atom is 0.270 e. The summed E-state index contributed by atoms with van der Waals surface area (Å²) in [6.07, 6.45) is 0.453. The second kappa shape index (κ2) is 12.1. The number of benzene rings is 2. The van der Waals surface area contributed by atoms with Crippen LogP contribution in [-0.2, 0) is 16.0 Å². The molecular formula is C25H29N5O5S. The van der Waals surface area contributed by atoms with Crippen LogP contribution in [0.1, 0.15) is 42.9 Å². The van der Waals surface area contributed by atoms with Crippen LogP contribution < -0.4 is 16.8 Å². The number of carbonyl (C=O) groups excluding carboxylic acids is 3. The zero-order valence-electron chi connectivity index (χ0n) is 20.1. The Bertz CT molecular complexity index is 1230. The number of aryl methyl sites for hydroxylation is 1. The summed E-state index contributed by atoms with van der Waals surface area (Å²) in [6, 6.07) is 12.8. The summed E-state index contributed by atoms with van der Waals surface area (Å²) in [5.41, 5.74) is 13.6. The normalized spacial score (nSPS) is 11.6. The number of nitrogen functional groups attached to an aromatic ring is 1. The molecule has 36 heavy (non-hydrogen) atoms. The monoisotopic (exact) mass is 511 g/mol. The molecule has 0 radical (unpaired) electrons. The number of nitrogens with two attached hydrogens (primary N) is 2. The van der Waals surface area contributed by atoms with E-state index < -0.39 is 23.8 Å². The van der Waals surface area contributed by atoms with Crippen molar-refractivity contribution >= 4 is 34.9 Å². The second-order valence-electron chi connectivity index (χ2n) is 8.15. The molecule has 3 rings (SSSR count). The van der Waals surface area contributed by atoms with Gasteiger partial charge in [-0.05, 0) is 48.1 Å². The summed E-state index contributed by atoms with van der Waals surface area (Å²) >= 11 is 0.755. The number of aromatic hydroxyl groups is 1. The van der Waals surface area contributed by atoms with Crippen LogP contribution in [0.2, 0.25) is 0 Å². The topological polar surface area (TPSA) is 161 Å². The largest absolute Gasteiger partial charge is 0.508 e. The molecule has 0 spiro atoms. The first kappa shape index (κ1) is 26.6. The highest BCUT2D eigenvalue weighted by atomic mass is 32.1. The van der Waals surface area contributed by atoms with Crippen molar-refractivity contribution < 1.29 is 24.2 Å². The second-order valence-corrected chi connectivity index (χ2v) is 8.93. The summed E-state index contributed by atoms with van der Waals surface area (Å²) in [6.45, 7) is 2.65. The van der Waals surface area contributed by atoms with Crippen molar-refractivity contribution in [3.05, 3.63) is 75.8 Å². The fourth-order valence-corrected chi connectivity index (χ4v) is 4.49. The van der Waals surface area contributed by atoms with E-state index in [1.165, 1.54) is 24.1 Å². The first-order chi connectivity index (χ1) is 17.2. The van der Waals surface area contributed by atoms with Crippen molar-refractivity contribution in [2.45, 2.75) is 19.4 Å². The number of methoxy groups -OCH3 is 1. The summed E-state index contributed by atoms with van der Waals surface area (Å²) in [4.78, 5) is 40.3. The number of ether oxygens (including phenoxy) is 1. The number of primary amides is 1. The summed E-state index contributed by atoms with van der Waals surface area (Å²) in [5, 5.41) is 12.6. The maximum atomic E-state index is 13.8. The van der Waals surface area contributed by atoms with Gasteiger partial charge in [0, 0.05) is 20.2 Å². The van der Waals surface area contributed by atoms with Crippen molar-refractivity contribution in [3.63, 3.8) is 0 Å². The van der Waals surface area contributed by atoms with Crippen LogP contribution in [0.25, 0.3) is 0 Å². The minimum absolute atomic E-state index is 0.0153. The Kier molecular flexibility index (Phi) is 8.98. The zero-order valence-corrected chi connectivity index (χ0v) is 20.9. The molecule has 3 amide bonds. The van der Waals surface area contributed by atoms with Gasteiger partial charge in [0.15, 0.2) is 5.69 Å². The average molecular weight is 512 g/mol. The van der Waals surface area contributed by atoms with Crippen LogP contribution in [0.4, 0.5) is 5.69 Å². The lowest BCUT2D eigenvalue weighted by Gasteiger charge is -2.31. The van der Waals surface area contributed by atoms with Crippen LogP contribution in [0.5, 0.6) is 5.75 Å². The van der Waals surface area contributed by atoms with Crippen molar-refractivity contribution in [1.29, 1.82) is 0 Å². The molecule has 0 aliphatic heterocycles. The maximum absolute atomic E-state index is 13.8. The molecule has 0 saturated heterocycles. The van der Waals surface area contributed by atoms with E-state index in [0.29, 0.717) is 12.0 Å². The third kappa shape index (κ3) is 6.37. The molecule has 0 aliphatic rings. The Morgan fingerprint density at radius 2 is 1.92 bits per heavy atom. The van der Waals surface area contributed by atoms with E-state index in [1.807, 2.05) is 31.2 Å². The van der Waals surface area contributed by atoms with Gasteiger partial charge in [-0.15, -0.1) is 0 Å². The number of amides is 3. The molecule has 3 aromatic rings. The fourth-order valence-electron chi connectivity index (χ4n) is 3.73. The minimum Gasteiger partial charge on any atom is -0.508 e. The highest BCUT2D eigenvalue weighted by molar-refractivity contribution is 7.09. The number of rotatable bonds is 11. The highest BCUT2D eigenvalue weighted by Gasteiger charge is 2.34. The molecule has 11 heteroatoms. The Balaban J connectivity index is 2.05. The number of carbonyl (C=O) groups is 3. The summed E-state index contributed by atoms with van der Waals surface area (Å²) in [5.74, 6) is -1.83. The predicted octanol–water partition coefficient (Wildman–Crippen LogP) is 2.03. The van der Waals surface area contributed by atoms with Crippen LogP contribution >= 0.6 is 11.5 Å². The number of nitrogens with one attached hydrogen (secondary N) is 1. The molecule has 190 valence electrons. The van der Waals surface area contributed by atoms with Crippen LogP contribution in [0.3, 0.4) is 0 Å². The quantitative estimate of drug-likeness (QED) is 0.286. The van der Waals surface area contributed by atoms with E-state index >= 15 is 0 Å². The van der Waals surface area contributed by atoms with Gasteiger partial charge in [-0.2, -0.15) is 4.37 Å². The Morgan fingerprint density at radius 3 is 2.53 bits per heavy atom. The summed E-state index contributed by atoms with van der Waals surface area (Å²) < 4.78 is 8.98. The molecule has 6 N–H and O–H groups in total. The van der Waals surface area contributed by atoms with Crippen LogP contribution in [-0.4, -0.2) is 58.9 Å². The van der Waals surface area contributed by atoms with Crippen molar-refractivity contribution in [1.82, 2.24) is 14.6 Å². The smallest absolute Gasteiger partial charge is 0.270 e. The SMILES string of the molecule is COCCNC(=O)C(c1ccc(O)cc1)N(CCc1cccc(C)c1)C(=O)c1snc(C(N)=O)c1N. The van der Waals surface area contributed by atoms with Gasteiger partial charge in [0.2, 0.25) is 5.91 Å². The molecule has 0 saturated carbocycles. The van der Waals surface area contributed by atoms with Gasteiger partial charge in [0.05, 0.1) is 12.3 Å². The van der Waals surface area contributed by atoms with Gasteiger partial charge in [-0.1, -0.05) is 42.0 Å².